The molecule has 6 nitrogen and oxygen atoms in total. The maximum atomic E-state index is 12.8. The number of nitrogens with zero attached hydrogens (tertiary/aromatic N) is 5. The molecule has 0 radical (unpaired) electrons. The second-order valence-electron chi connectivity index (χ2n) is 9.19. The van der Waals surface area contributed by atoms with Crippen LogP contribution in [0.1, 0.15) is 50.6 Å². The van der Waals surface area contributed by atoms with Gasteiger partial charge in [-0.3, -0.25) is 14.4 Å². The highest BCUT2D eigenvalue weighted by Crippen LogP contribution is 2.37. The van der Waals surface area contributed by atoms with Crippen LogP contribution in [0.25, 0.3) is 0 Å². The molecule has 3 aliphatic heterocycles. The van der Waals surface area contributed by atoms with Gasteiger partial charge in [0.1, 0.15) is 0 Å². The minimum Gasteiger partial charge on any atom is -0.342 e. The number of hydrogen-bond acceptors (Lipinski definition) is 4. The van der Waals surface area contributed by atoms with Gasteiger partial charge in [0.25, 0.3) is 0 Å². The Morgan fingerprint density at radius 1 is 1.32 bits per heavy atom. The van der Waals surface area contributed by atoms with E-state index >= 15 is 0 Å². The number of fused-ring (bicyclic) bond motifs is 3. The van der Waals surface area contributed by atoms with E-state index in [0.717, 1.165) is 50.5 Å². The van der Waals surface area contributed by atoms with E-state index in [1.807, 2.05) is 16.6 Å². The molecule has 4 atom stereocenters. The number of amides is 1. The molecular formula is C22H35N5O. The summed E-state index contributed by atoms with van der Waals surface area (Å²) in [6, 6.07) is 0.483. The molecule has 1 aromatic heterocycles. The Morgan fingerprint density at radius 3 is 2.86 bits per heavy atom. The van der Waals surface area contributed by atoms with E-state index in [-0.39, 0.29) is 11.8 Å². The lowest BCUT2D eigenvalue weighted by molar-refractivity contribution is -0.142. The van der Waals surface area contributed by atoms with Crippen LogP contribution in [-0.4, -0.2) is 63.4 Å². The van der Waals surface area contributed by atoms with Crippen LogP contribution in [0.15, 0.2) is 18.9 Å². The summed E-state index contributed by atoms with van der Waals surface area (Å²) in [5.74, 6) is 1.73. The van der Waals surface area contributed by atoms with Crippen molar-refractivity contribution in [3.05, 3.63) is 24.5 Å². The smallest absolute Gasteiger partial charge is 0.227 e. The zero-order chi connectivity index (χ0) is 19.5. The number of aromatic nitrogens is 3. The van der Waals surface area contributed by atoms with Crippen molar-refractivity contribution in [2.45, 2.75) is 64.0 Å². The van der Waals surface area contributed by atoms with Gasteiger partial charge in [0, 0.05) is 32.4 Å². The summed E-state index contributed by atoms with van der Waals surface area (Å²) in [7, 11) is 1.89. The van der Waals surface area contributed by atoms with Crippen LogP contribution >= 0.6 is 0 Å². The second-order valence-corrected chi connectivity index (χ2v) is 9.19. The lowest BCUT2D eigenvalue weighted by Gasteiger charge is -2.49. The van der Waals surface area contributed by atoms with Crippen LogP contribution in [0.5, 0.6) is 0 Å². The van der Waals surface area contributed by atoms with E-state index in [0.29, 0.717) is 18.5 Å². The molecule has 1 saturated carbocycles. The van der Waals surface area contributed by atoms with Gasteiger partial charge in [-0.2, -0.15) is 0 Å². The van der Waals surface area contributed by atoms with Gasteiger partial charge in [-0.15, -0.1) is 11.7 Å². The maximum absolute atomic E-state index is 12.8. The minimum absolute atomic E-state index is 0.146. The Morgan fingerprint density at radius 2 is 2.14 bits per heavy atom. The fourth-order valence-electron chi connectivity index (χ4n) is 5.60. The molecule has 0 spiro atoms. The number of piperidine rings is 3. The SMILES string of the molecule is C=CCN(C)C(=O)[C@H]1CN2CCC1C[C@@H]2Cn1cc(CC2CCCCC2)nn1. The number of likely N-dealkylation sites (N-methyl/N-ethyl adjacent to an activating group) is 1. The lowest BCUT2D eigenvalue weighted by atomic mass is 9.75. The van der Waals surface area contributed by atoms with Gasteiger partial charge in [0.2, 0.25) is 5.91 Å². The first-order chi connectivity index (χ1) is 13.6. The number of carbonyl (C=O) groups excluding carboxylic acids is 1. The molecule has 4 aliphatic rings. The molecule has 1 amide bonds. The van der Waals surface area contributed by atoms with Crippen LogP contribution in [0.4, 0.5) is 0 Å². The van der Waals surface area contributed by atoms with Crippen molar-refractivity contribution in [2.75, 3.05) is 26.7 Å². The zero-order valence-corrected chi connectivity index (χ0v) is 17.3. The molecule has 0 N–H and O–H groups in total. The third-order valence-electron chi connectivity index (χ3n) is 7.18. The number of rotatable bonds is 7. The maximum Gasteiger partial charge on any atom is 0.227 e. The van der Waals surface area contributed by atoms with E-state index in [4.69, 9.17) is 0 Å². The van der Waals surface area contributed by atoms with Crippen molar-refractivity contribution in [1.82, 2.24) is 24.8 Å². The van der Waals surface area contributed by atoms with Crippen LogP contribution in [-0.2, 0) is 17.8 Å². The second kappa shape index (κ2) is 8.76. The summed E-state index contributed by atoms with van der Waals surface area (Å²) in [6.45, 7) is 7.28. The zero-order valence-electron chi connectivity index (χ0n) is 17.3. The minimum atomic E-state index is 0.146. The largest absolute Gasteiger partial charge is 0.342 e. The number of carbonyl (C=O) groups is 1. The predicted molar refractivity (Wildman–Crippen MR) is 110 cm³/mol. The van der Waals surface area contributed by atoms with Crippen LogP contribution in [0.3, 0.4) is 0 Å². The first kappa shape index (κ1) is 19.6. The summed E-state index contributed by atoms with van der Waals surface area (Å²) < 4.78 is 2.05. The summed E-state index contributed by atoms with van der Waals surface area (Å²) in [6.07, 6.45) is 14.1. The molecule has 0 aromatic carbocycles. The Balaban J connectivity index is 1.32. The molecule has 6 heteroatoms. The van der Waals surface area contributed by atoms with Gasteiger partial charge in [-0.1, -0.05) is 43.4 Å². The third-order valence-corrected chi connectivity index (χ3v) is 7.18. The Hall–Kier alpha value is -1.69. The molecule has 5 rings (SSSR count). The fourth-order valence-corrected chi connectivity index (χ4v) is 5.60. The van der Waals surface area contributed by atoms with Crippen LogP contribution < -0.4 is 0 Å². The molecule has 1 aromatic rings. The highest BCUT2D eigenvalue weighted by atomic mass is 16.2. The summed E-state index contributed by atoms with van der Waals surface area (Å²) >= 11 is 0. The van der Waals surface area contributed by atoms with Gasteiger partial charge >= 0.3 is 0 Å². The van der Waals surface area contributed by atoms with Crippen molar-refractivity contribution >= 4 is 5.91 Å². The van der Waals surface area contributed by atoms with Gasteiger partial charge in [-0.05, 0) is 37.6 Å². The summed E-state index contributed by atoms with van der Waals surface area (Å²) in [4.78, 5) is 17.1. The molecule has 28 heavy (non-hydrogen) atoms. The normalized spacial score (nSPS) is 30.3. The summed E-state index contributed by atoms with van der Waals surface area (Å²) in [5, 5.41) is 8.87. The van der Waals surface area contributed by atoms with Gasteiger partial charge in [0.05, 0.1) is 18.2 Å². The van der Waals surface area contributed by atoms with Crippen molar-refractivity contribution in [1.29, 1.82) is 0 Å². The van der Waals surface area contributed by atoms with Crippen LogP contribution in [0, 0.1) is 17.8 Å². The van der Waals surface area contributed by atoms with Gasteiger partial charge in [-0.25, -0.2) is 0 Å². The fraction of sp³-hybridized carbons (Fsp3) is 0.773. The first-order valence-corrected chi connectivity index (χ1v) is 11.1. The molecule has 2 bridgehead atoms. The Labute approximate surface area is 168 Å². The first-order valence-electron chi connectivity index (χ1n) is 11.1. The Kier molecular flexibility index (Phi) is 6.14. The average Bonchev–Trinajstić information content (AvgIpc) is 3.15. The van der Waals surface area contributed by atoms with E-state index < -0.39 is 0 Å². The highest BCUT2D eigenvalue weighted by Gasteiger charge is 2.44. The quantitative estimate of drug-likeness (QED) is 0.677. The molecular weight excluding hydrogens is 350 g/mol. The summed E-state index contributed by atoms with van der Waals surface area (Å²) in [5.41, 5.74) is 1.15. The van der Waals surface area contributed by atoms with Crippen LogP contribution in [0.2, 0.25) is 0 Å². The van der Waals surface area contributed by atoms with Crippen molar-refractivity contribution in [3.8, 4) is 0 Å². The Bertz CT molecular complexity index is 680. The van der Waals surface area contributed by atoms with Gasteiger partial charge in [0.15, 0.2) is 0 Å². The lowest BCUT2D eigenvalue weighted by Crippen LogP contribution is -2.58. The third kappa shape index (κ3) is 4.32. The van der Waals surface area contributed by atoms with Crippen molar-refractivity contribution in [2.24, 2.45) is 17.8 Å². The van der Waals surface area contributed by atoms with E-state index in [1.54, 1.807) is 6.08 Å². The standard InChI is InChI=1S/C22H35N5O/c1-3-10-25(2)22(28)21-16-26-11-9-18(21)13-20(26)15-27-14-19(23-24-27)12-17-7-5-4-6-8-17/h3,14,17-18,20-21H,1,4-13,15-16H2,2H3/t18?,20-,21+/m1/s1. The van der Waals surface area contributed by atoms with Crippen molar-refractivity contribution < 1.29 is 4.79 Å². The van der Waals surface area contributed by atoms with E-state index in [9.17, 15) is 4.79 Å². The van der Waals surface area contributed by atoms with Crippen molar-refractivity contribution in [3.63, 3.8) is 0 Å². The molecule has 4 fully saturated rings. The molecule has 154 valence electrons. The number of hydrogen-bond donors (Lipinski definition) is 0. The molecule has 1 aliphatic carbocycles. The average molecular weight is 386 g/mol. The molecule has 3 saturated heterocycles. The van der Waals surface area contributed by atoms with E-state index in [2.05, 4.69) is 28.0 Å². The molecule has 4 heterocycles. The molecule has 2 unspecified atom stereocenters. The highest BCUT2D eigenvalue weighted by molar-refractivity contribution is 5.79. The topological polar surface area (TPSA) is 54.3 Å². The monoisotopic (exact) mass is 385 g/mol. The predicted octanol–water partition coefficient (Wildman–Crippen LogP) is 2.76. The van der Waals surface area contributed by atoms with Gasteiger partial charge < -0.3 is 4.90 Å². The van der Waals surface area contributed by atoms with E-state index in [1.165, 1.54) is 32.1 Å².